The number of carbonyl (C=O) groups excluding carboxylic acids is 1. The lowest BCUT2D eigenvalue weighted by Crippen LogP contribution is -2.24. The molecule has 2 aromatic rings. The van der Waals surface area contributed by atoms with Crippen LogP contribution in [0.5, 0.6) is 0 Å². The molecule has 0 unspecified atom stereocenters. The second kappa shape index (κ2) is 6.66. The number of benzene rings is 2. The number of nitrogens with one attached hydrogen (secondary N) is 1. The molecule has 1 amide bonds. The van der Waals surface area contributed by atoms with Gasteiger partial charge >= 0.3 is 0 Å². The zero-order valence-corrected chi connectivity index (χ0v) is 12.7. The standard InChI is InChI=1S/C16H15BrFNO/c1-2-11-6-3-4-7-12(11)10-19-16(20)13-8-5-9-14(18)15(13)17/h3-9H,2,10H2,1H3,(H,19,20). The zero-order chi connectivity index (χ0) is 14.5. The molecule has 4 heteroatoms. The van der Waals surface area contributed by atoms with Crippen LogP contribution < -0.4 is 5.32 Å². The highest BCUT2D eigenvalue weighted by Gasteiger charge is 2.13. The minimum atomic E-state index is -0.438. The van der Waals surface area contributed by atoms with Gasteiger partial charge in [-0.2, -0.15) is 0 Å². The largest absolute Gasteiger partial charge is 0.348 e. The summed E-state index contributed by atoms with van der Waals surface area (Å²) in [6, 6.07) is 12.4. The van der Waals surface area contributed by atoms with Gasteiger partial charge in [-0.15, -0.1) is 0 Å². The molecular weight excluding hydrogens is 321 g/mol. The van der Waals surface area contributed by atoms with E-state index in [4.69, 9.17) is 0 Å². The summed E-state index contributed by atoms with van der Waals surface area (Å²) in [6.45, 7) is 2.51. The second-order valence-corrected chi connectivity index (χ2v) is 5.20. The maximum Gasteiger partial charge on any atom is 0.252 e. The predicted octanol–water partition coefficient (Wildman–Crippen LogP) is 4.08. The third kappa shape index (κ3) is 3.25. The number of hydrogen-bond acceptors (Lipinski definition) is 1. The number of amides is 1. The van der Waals surface area contributed by atoms with Crippen molar-refractivity contribution in [2.75, 3.05) is 0 Å². The van der Waals surface area contributed by atoms with Crippen molar-refractivity contribution in [1.82, 2.24) is 5.32 Å². The summed E-state index contributed by atoms with van der Waals surface area (Å²) in [7, 11) is 0. The first-order valence-corrected chi connectivity index (χ1v) is 7.21. The Morgan fingerprint density at radius 1 is 1.15 bits per heavy atom. The van der Waals surface area contributed by atoms with Crippen molar-refractivity contribution in [1.29, 1.82) is 0 Å². The van der Waals surface area contributed by atoms with Gasteiger partial charge in [0, 0.05) is 6.54 Å². The maximum atomic E-state index is 13.4. The fourth-order valence-corrected chi connectivity index (χ4v) is 2.47. The number of rotatable bonds is 4. The molecule has 0 saturated heterocycles. The molecule has 1 N–H and O–H groups in total. The van der Waals surface area contributed by atoms with Crippen LogP contribution in [-0.4, -0.2) is 5.91 Å². The number of halogens is 2. The Balaban J connectivity index is 2.11. The Kier molecular flexibility index (Phi) is 4.90. The minimum absolute atomic E-state index is 0.196. The maximum absolute atomic E-state index is 13.4. The summed E-state index contributed by atoms with van der Waals surface area (Å²) in [4.78, 5) is 12.1. The molecule has 0 saturated carbocycles. The van der Waals surface area contributed by atoms with E-state index in [9.17, 15) is 9.18 Å². The van der Waals surface area contributed by atoms with E-state index >= 15 is 0 Å². The Morgan fingerprint density at radius 2 is 1.85 bits per heavy atom. The van der Waals surface area contributed by atoms with Gasteiger partial charge in [0.25, 0.3) is 5.91 Å². The fourth-order valence-electron chi connectivity index (χ4n) is 2.02. The summed E-state index contributed by atoms with van der Waals surface area (Å²) in [5, 5.41) is 2.82. The lowest BCUT2D eigenvalue weighted by Gasteiger charge is -2.10. The molecule has 2 aromatic carbocycles. The van der Waals surface area contributed by atoms with Gasteiger partial charge in [0.05, 0.1) is 10.0 Å². The Hall–Kier alpha value is -1.68. The van der Waals surface area contributed by atoms with Crippen LogP contribution in [0.15, 0.2) is 46.9 Å². The zero-order valence-electron chi connectivity index (χ0n) is 11.1. The van der Waals surface area contributed by atoms with Crippen molar-refractivity contribution in [2.24, 2.45) is 0 Å². The monoisotopic (exact) mass is 335 g/mol. The molecule has 0 aliphatic rings. The van der Waals surface area contributed by atoms with Crippen LogP contribution in [0, 0.1) is 5.82 Å². The molecule has 104 valence electrons. The van der Waals surface area contributed by atoms with E-state index in [-0.39, 0.29) is 10.4 Å². The molecular formula is C16H15BrFNO. The second-order valence-electron chi connectivity index (χ2n) is 4.41. The fraction of sp³-hybridized carbons (Fsp3) is 0.188. The first-order valence-electron chi connectivity index (χ1n) is 6.42. The number of carbonyl (C=O) groups is 1. The van der Waals surface area contributed by atoms with Gasteiger partial charge in [-0.05, 0) is 45.6 Å². The van der Waals surface area contributed by atoms with Crippen LogP contribution >= 0.6 is 15.9 Å². The highest BCUT2D eigenvalue weighted by atomic mass is 79.9. The van der Waals surface area contributed by atoms with E-state index < -0.39 is 5.82 Å². The topological polar surface area (TPSA) is 29.1 Å². The molecule has 0 aromatic heterocycles. The average molecular weight is 336 g/mol. The van der Waals surface area contributed by atoms with Gasteiger partial charge < -0.3 is 5.32 Å². The third-order valence-corrected chi connectivity index (χ3v) is 3.94. The first-order chi connectivity index (χ1) is 9.63. The molecule has 0 fully saturated rings. The van der Waals surface area contributed by atoms with Crippen molar-refractivity contribution in [3.63, 3.8) is 0 Å². The van der Waals surface area contributed by atoms with Crippen molar-refractivity contribution in [3.05, 3.63) is 69.4 Å². The lowest BCUT2D eigenvalue weighted by molar-refractivity contribution is 0.0949. The predicted molar refractivity (Wildman–Crippen MR) is 81.1 cm³/mol. The van der Waals surface area contributed by atoms with Crippen molar-refractivity contribution in [2.45, 2.75) is 19.9 Å². The van der Waals surface area contributed by atoms with Gasteiger partial charge in [0.2, 0.25) is 0 Å². The molecule has 0 heterocycles. The molecule has 0 atom stereocenters. The summed E-state index contributed by atoms with van der Waals surface area (Å²) >= 11 is 3.10. The molecule has 2 rings (SSSR count). The lowest BCUT2D eigenvalue weighted by atomic mass is 10.1. The first kappa shape index (κ1) is 14.7. The van der Waals surface area contributed by atoms with E-state index in [1.807, 2.05) is 24.3 Å². The number of aryl methyl sites for hydroxylation is 1. The third-order valence-electron chi connectivity index (χ3n) is 3.13. The Bertz CT molecular complexity index is 628. The Morgan fingerprint density at radius 3 is 2.55 bits per heavy atom. The molecule has 2 nitrogen and oxygen atoms in total. The van der Waals surface area contributed by atoms with Crippen LogP contribution in [0.2, 0.25) is 0 Å². The van der Waals surface area contributed by atoms with E-state index in [2.05, 4.69) is 28.2 Å². The van der Waals surface area contributed by atoms with Gasteiger partial charge in [-0.25, -0.2) is 4.39 Å². The number of hydrogen-bond donors (Lipinski definition) is 1. The Labute approximate surface area is 126 Å². The van der Waals surface area contributed by atoms with E-state index in [0.29, 0.717) is 12.1 Å². The van der Waals surface area contributed by atoms with E-state index in [0.717, 1.165) is 12.0 Å². The van der Waals surface area contributed by atoms with E-state index in [1.165, 1.54) is 17.7 Å². The van der Waals surface area contributed by atoms with Gasteiger partial charge in [-0.3, -0.25) is 4.79 Å². The summed E-state index contributed by atoms with van der Waals surface area (Å²) in [5.41, 5.74) is 2.58. The summed E-state index contributed by atoms with van der Waals surface area (Å²) in [5.74, 6) is -0.728. The molecule has 0 spiro atoms. The summed E-state index contributed by atoms with van der Waals surface area (Å²) in [6.07, 6.45) is 0.912. The van der Waals surface area contributed by atoms with Crippen LogP contribution in [-0.2, 0) is 13.0 Å². The molecule has 0 aliphatic carbocycles. The molecule has 20 heavy (non-hydrogen) atoms. The van der Waals surface area contributed by atoms with E-state index in [1.54, 1.807) is 6.07 Å². The van der Waals surface area contributed by atoms with Crippen LogP contribution in [0.3, 0.4) is 0 Å². The normalized spacial score (nSPS) is 10.3. The molecule has 0 aliphatic heterocycles. The quantitative estimate of drug-likeness (QED) is 0.896. The summed E-state index contributed by atoms with van der Waals surface area (Å²) < 4.78 is 13.6. The average Bonchev–Trinajstić information content (AvgIpc) is 2.48. The molecule has 0 bridgehead atoms. The van der Waals surface area contributed by atoms with Crippen LogP contribution in [0.4, 0.5) is 4.39 Å². The van der Waals surface area contributed by atoms with Crippen molar-refractivity contribution in [3.8, 4) is 0 Å². The van der Waals surface area contributed by atoms with Gasteiger partial charge in [-0.1, -0.05) is 37.3 Å². The molecule has 0 radical (unpaired) electrons. The SMILES string of the molecule is CCc1ccccc1CNC(=O)c1cccc(F)c1Br. The van der Waals surface area contributed by atoms with Crippen molar-refractivity contribution < 1.29 is 9.18 Å². The van der Waals surface area contributed by atoms with Crippen LogP contribution in [0.1, 0.15) is 28.4 Å². The van der Waals surface area contributed by atoms with Gasteiger partial charge in [0.1, 0.15) is 5.82 Å². The van der Waals surface area contributed by atoms with Crippen molar-refractivity contribution >= 4 is 21.8 Å². The van der Waals surface area contributed by atoms with Gasteiger partial charge in [0.15, 0.2) is 0 Å². The highest BCUT2D eigenvalue weighted by molar-refractivity contribution is 9.10. The smallest absolute Gasteiger partial charge is 0.252 e. The van der Waals surface area contributed by atoms with Crippen LogP contribution in [0.25, 0.3) is 0 Å². The highest BCUT2D eigenvalue weighted by Crippen LogP contribution is 2.20. The minimum Gasteiger partial charge on any atom is -0.348 e.